The molecule has 3 N–H and O–H groups in total. The predicted octanol–water partition coefficient (Wildman–Crippen LogP) is 2.91. The standard InChI is InChI=1S/C19H26N4O3S/c1-6-20-18(25)21-14-9-7-13(8-10-14)16-15(17(24)26-11(2)3)12(4)23(5)19(27)22-16/h7-11,16H,6H2,1-5H3,(H,22,27)(H2,20,21,25). The first-order chi connectivity index (χ1) is 12.7. The second kappa shape index (κ2) is 8.85. The lowest BCUT2D eigenvalue weighted by molar-refractivity contribution is -0.143. The van der Waals surface area contributed by atoms with E-state index in [1.807, 2.05) is 46.9 Å². The van der Waals surface area contributed by atoms with Crippen molar-refractivity contribution >= 4 is 35.0 Å². The van der Waals surface area contributed by atoms with Crippen molar-refractivity contribution in [2.45, 2.75) is 39.8 Å². The van der Waals surface area contributed by atoms with Crippen LogP contribution >= 0.6 is 12.2 Å². The molecule has 1 heterocycles. The average Bonchev–Trinajstić information content (AvgIpc) is 2.59. The molecule has 1 unspecified atom stereocenters. The number of anilines is 1. The topological polar surface area (TPSA) is 82.7 Å². The van der Waals surface area contributed by atoms with Gasteiger partial charge in [-0.3, -0.25) is 0 Å². The summed E-state index contributed by atoms with van der Waals surface area (Å²) in [6.07, 6.45) is -0.221. The molecule has 0 spiro atoms. The summed E-state index contributed by atoms with van der Waals surface area (Å²) < 4.78 is 5.43. The Kier molecular flexibility index (Phi) is 6.79. The molecule has 1 aliphatic heterocycles. The molecule has 2 amide bonds. The van der Waals surface area contributed by atoms with Crippen molar-refractivity contribution in [2.75, 3.05) is 18.9 Å². The molecule has 0 aromatic heterocycles. The normalized spacial score (nSPS) is 16.9. The minimum Gasteiger partial charge on any atom is -0.459 e. The summed E-state index contributed by atoms with van der Waals surface area (Å²) in [5.41, 5.74) is 2.78. The number of esters is 1. The van der Waals surface area contributed by atoms with Crippen LogP contribution in [-0.2, 0) is 9.53 Å². The molecular formula is C19H26N4O3S. The molecule has 0 fully saturated rings. The van der Waals surface area contributed by atoms with E-state index in [9.17, 15) is 9.59 Å². The third kappa shape index (κ3) is 4.97. The summed E-state index contributed by atoms with van der Waals surface area (Å²) in [7, 11) is 1.81. The maximum absolute atomic E-state index is 12.7. The highest BCUT2D eigenvalue weighted by molar-refractivity contribution is 7.80. The highest BCUT2D eigenvalue weighted by Crippen LogP contribution is 2.31. The minimum absolute atomic E-state index is 0.221. The van der Waals surface area contributed by atoms with Gasteiger partial charge in [-0.2, -0.15) is 0 Å². The number of rotatable bonds is 5. The number of allylic oxidation sites excluding steroid dienone is 1. The third-order valence-electron chi connectivity index (χ3n) is 4.16. The second-order valence-corrected chi connectivity index (χ2v) is 6.89. The minimum atomic E-state index is -0.418. The van der Waals surface area contributed by atoms with Gasteiger partial charge in [-0.15, -0.1) is 0 Å². The molecule has 2 rings (SSSR count). The monoisotopic (exact) mass is 390 g/mol. The van der Waals surface area contributed by atoms with E-state index in [0.717, 1.165) is 11.3 Å². The van der Waals surface area contributed by atoms with E-state index in [1.165, 1.54) is 0 Å². The molecule has 0 aliphatic carbocycles. The third-order valence-corrected chi connectivity index (χ3v) is 4.55. The Balaban J connectivity index is 2.32. The van der Waals surface area contributed by atoms with Gasteiger partial charge in [-0.05, 0) is 57.6 Å². The summed E-state index contributed by atoms with van der Waals surface area (Å²) in [6, 6.07) is 6.59. The van der Waals surface area contributed by atoms with Crippen molar-refractivity contribution in [3.05, 3.63) is 41.1 Å². The van der Waals surface area contributed by atoms with Crippen LogP contribution in [0, 0.1) is 0 Å². The Hall–Kier alpha value is -2.61. The Morgan fingerprint density at radius 1 is 1.30 bits per heavy atom. The second-order valence-electron chi connectivity index (χ2n) is 6.50. The van der Waals surface area contributed by atoms with E-state index in [-0.39, 0.29) is 18.1 Å². The molecule has 7 nitrogen and oxygen atoms in total. The number of thiocarbonyl (C=S) groups is 1. The lowest BCUT2D eigenvalue weighted by atomic mass is 9.95. The van der Waals surface area contributed by atoms with Gasteiger partial charge < -0.3 is 25.6 Å². The van der Waals surface area contributed by atoms with E-state index in [2.05, 4.69) is 16.0 Å². The summed E-state index contributed by atoms with van der Waals surface area (Å²) >= 11 is 5.38. The van der Waals surface area contributed by atoms with E-state index >= 15 is 0 Å². The number of hydrogen-bond acceptors (Lipinski definition) is 4. The molecule has 27 heavy (non-hydrogen) atoms. The van der Waals surface area contributed by atoms with E-state index < -0.39 is 6.04 Å². The lowest BCUT2D eigenvalue weighted by Gasteiger charge is -2.35. The lowest BCUT2D eigenvalue weighted by Crippen LogP contribution is -2.46. The first-order valence-electron chi connectivity index (χ1n) is 8.85. The Morgan fingerprint density at radius 2 is 1.93 bits per heavy atom. The van der Waals surface area contributed by atoms with Crippen LogP contribution in [0.15, 0.2) is 35.5 Å². The zero-order valence-corrected chi connectivity index (χ0v) is 17.1. The fraction of sp³-hybridized carbons (Fsp3) is 0.421. The van der Waals surface area contributed by atoms with Gasteiger partial charge >= 0.3 is 12.0 Å². The molecule has 1 aliphatic rings. The molecule has 146 valence electrons. The number of carbonyl (C=O) groups is 2. The maximum Gasteiger partial charge on any atom is 0.338 e. The molecule has 0 saturated carbocycles. The van der Waals surface area contributed by atoms with Gasteiger partial charge in [0.2, 0.25) is 0 Å². The first kappa shape index (κ1) is 20.7. The molecule has 0 radical (unpaired) electrons. The van der Waals surface area contributed by atoms with Crippen molar-refractivity contribution in [3.8, 4) is 0 Å². The number of nitrogens with zero attached hydrogens (tertiary/aromatic N) is 1. The van der Waals surface area contributed by atoms with E-state index in [4.69, 9.17) is 17.0 Å². The Labute approximate surface area is 165 Å². The fourth-order valence-electron chi connectivity index (χ4n) is 2.72. The summed E-state index contributed by atoms with van der Waals surface area (Å²) in [6.45, 7) is 7.88. The van der Waals surface area contributed by atoms with Crippen molar-refractivity contribution in [3.63, 3.8) is 0 Å². The van der Waals surface area contributed by atoms with Crippen LogP contribution in [0.4, 0.5) is 10.5 Å². The highest BCUT2D eigenvalue weighted by Gasteiger charge is 2.33. The number of benzene rings is 1. The van der Waals surface area contributed by atoms with Crippen molar-refractivity contribution in [1.82, 2.24) is 15.5 Å². The number of ether oxygens (including phenoxy) is 1. The van der Waals surface area contributed by atoms with Gasteiger partial charge in [0, 0.05) is 25.0 Å². The van der Waals surface area contributed by atoms with Crippen molar-refractivity contribution in [1.29, 1.82) is 0 Å². The van der Waals surface area contributed by atoms with Crippen LogP contribution in [-0.4, -0.2) is 41.7 Å². The largest absolute Gasteiger partial charge is 0.459 e. The highest BCUT2D eigenvalue weighted by atomic mass is 32.1. The molecule has 1 aromatic carbocycles. The number of nitrogens with one attached hydrogen (secondary N) is 3. The molecule has 8 heteroatoms. The SMILES string of the molecule is CCNC(=O)Nc1ccc(C2NC(=S)N(C)C(C)=C2C(=O)OC(C)C)cc1. The van der Waals surface area contributed by atoms with Gasteiger partial charge in [0.15, 0.2) is 5.11 Å². The number of carbonyl (C=O) groups excluding carboxylic acids is 2. The van der Waals surface area contributed by atoms with Gasteiger partial charge in [-0.25, -0.2) is 9.59 Å². The summed E-state index contributed by atoms with van der Waals surface area (Å²) in [4.78, 5) is 26.1. The molecule has 1 aromatic rings. The predicted molar refractivity (Wildman–Crippen MR) is 109 cm³/mol. The Morgan fingerprint density at radius 3 is 2.48 bits per heavy atom. The quantitative estimate of drug-likeness (QED) is 0.530. The van der Waals surface area contributed by atoms with Gasteiger partial charge in [0.25, 0.3) is 0 Å². The van der Waals surface area contributed by atoms with Gasteiger partial charge in [0.05, 0.1) is 17.7 Å². The van der Waals surface area contributed by atoms with Gasteiger partial charge in [0.1, 0.15) is 0 Å². The van der Waals surface area contributed by atoms with Crippen LogP contribution < -0.4 is 16.0 Å². The van der Waals surface area contributed by atoms with Crippen LogP contribution in [0.25, 0.3) is 0 Å². The Bertz CT molecular complexity index is 759. The fourth-order valence-corrected chi connectivity index (χ4v) is 2.98. The van der Waals surface area contributed by atoms with Crippen molar-refractivity contribution in [2.24, 2.45) is 0 Å². The summed E-state index contributed by atoms with van der Waals surface area (Å²) in [5.74, 6) is -0.376. The molecule has 1 atom stereocenters. The molecular weight excluding hydrogens is 364 g/mol. The average molecular weight is 391 g/mol. The van der Waals surface area contributed by atoms with Crippen LogP contribution in [0.3, 0.4) is 0 Å². The van der Waals surface area contributed by atoms with E-state index in [1.54, 1.807) is 17.0 Å². The van der Waals surface area contributed by atoms with Crippen LogP contribution in [0.2, 0.25) is 0 Å². The molecule has 0 saturated heterocycles. The maximum atomic E-state index is 12.7. The first-order valence-corrected chi connectivity index (χ1v) is 9.26. The van der Waals surface area contributed by atoms with Crippen molar-refractivity contribution < 1.29 is 14.3 Å². The van der Waals surface area contributed by atoms with Gasteiger partial charge in [-0.1, -0.05) is 12.1 Å². The molecule has 0 bridgehead atoms. The summed E-state index contributed by atoms with van der Waals surface area (Å²) in [5, 5.41) is 9.15. The number of hydrogen-bond donors (Lipinski definition) is 3. The van der Waals surface area contributed by atoms with Crippen LogP contribution in [0.5, 0.6) is 0 Å². The number of urea groups is 1. The zero-order chi connectivity index (χ0) is 20.1. The zero-order valence-electron chi connectivity index (χ0n) is 16.3. The van der Waals surface area contributed by atoms with Crippen LogP contribution in [0.1, 0.15) is 39.3 Å². The number of amides is 2. The van der Waals surface area contributed by atoms with E-state index in [0.29, 0.717) is 22.9 Å². The smallest absolute Gasteiger partial charge is 0.338 e.